The van der Waals surface area contributed by atoms with Gasteiger partial charge in [-0.25, -0.2) is 0 Å². The molecule has 6 nitrogen and oxygen atoms in total. The molecular formula is C20H22BrNO5. The van der Waals surface area contributed by atoms with Crippen molar-refractivity contribution in [3.8, 4) is 11.5 Å². The lowest BCUT2D eigenvalue weighted by atomic mass is 10.2. The third-order valence-electron chi connectivity index (χ3n) is 4.11. The summed E-state index contributed by atoms with van der Waals surface area (Å²) in [6.07, 6.45) is 0. The van der Waals surface area contributed by atoms with Gasteiger partial charge in [0.1, 0.15) is 18.3 Å². The van der Waals surface area contributed by atoms with E-state index in [-0.39, 0.29) is 12.7 Å². The molecule has 1 aliphatic heterocycles. The lowest BCUT2D eigenvalue weighted by Crippen LogP contribution is -2.40. The first-order valence-electron chi connectivity index (χ1n) is 8.67. The molecule has 1 aliphatic rings. The van der Waals surface area contributed by atoms with Crippen LogP contribution >= 0.6 is 15.9 Å². The van der Waals surface area contributed by atoms with E-state index in [1.54, 1.807) is 36.3 Å². The van der Waals surface area contributed by atoms with Crippen molar-refractivity contribution in [2.24, 2.45) is 0 Å². The molecule has 0 N–H and O–H groups in total. The van der Waals surface area contributed by atoms with Crippen LogP contribution in [0.5, 0.6) is 11.5 Å². The molecule has 144 valence electrons. The van der Waals surface area contributed by atoms with Gasteiger partial charge in [-0.2, -0.15) is 0 Å². The summed E-state index contributed by atoms with van der Waals surface area (Å²) in [5.41, 5.74) is 1.61. The molecule has 1 saturated heterocycles. The molecule has 2 aromatic rings. The minimum atomic E-state index is 0.0195. The van der Waals surface area contributed by atoms with Gasteiger partial charge < -0.3 is 23.8 Å². The van der Waals surface area contributed by atoms with E-state index in [0.717, 1.165) is 10.0 Å². The Morgan fingerprint density at radius 3 is 2.52 bits per heavy atom. The predicted octanol–water partition coefficient (Wildman–Crippen LogP) is 3.83. The summed E-state index contributed by atoms with van der Waals surface area (Å²) < 4.78 is 22.4. The van der Waals surface area contributed by atoms with Crippen LogP contribution in [0.3, 0.4) is 0 Å². The van der Waals surface area contributed by atoms with E-state index in [9.17, 15) is 4.79 Å². The molecular weight excluding hydrogens is 414 g/mol. The zero-order chi connectivity index (χ0) is 19.1. The third-order valence-corrected chi connectivity index (χ3v) is 4.88. The Morgan fingerprint density at radius 1 is 1.11 bits per heavy atom. The molecule has 1 fully saturated rings. The van der Waals surface area contributed by atoms with E-state index in [4.69, 9.17) is 18.9 Å². The number of hydrogen-bond acceptors (Lipinski definition) is 5. The molecule has 7 heteroatoms. The zero-order valence-corrected chi connectivity index (χ0v) is 16.7. The number of methoxy groups -OCH3 is 1. The first-order valence-corrected chi connectivity index (χ1v) is 9.46. The number of carbonyl (C=O) groups excluding carboxylic acids is 1. The normalized spacial score (nSPS) is 14.2. The van der Waals surface area contributed by atoms with E-state index < -0.39 is 0 Å². The molecule has 27 heavy (non-hydrogen) atoms. The van der Waals surface area contributed by atoms with Crippen LogP contribution in [0.4, 0.5) is 0 Å². The number of hydrogen-bond donors (Lipinski definition) is 0. The maximum Gasteiger partial charge on any atom is 0.254 e. The monoisotopic (exact) mass is 435 g/mol. The summed E-state index contributed by atoms with van der Waals surface area (Å²) >= 11 is 3.50. The van der Waals surface area contributed by atoms with Crippen molar-refractivity contribution in [3.63, 3.8) is 0 Å². The van der Waals surface area contributed by atoms with Gasteiger partial charge in [0, 0.05) is 30.2 Å². The molecule has 1 amide bonds. The summed E-state index contributed by atoms with van der Waals surface area (Å²) in [6.45, 7) is 3.09. The Kier molecular flexibility index (Phi) is 7.23. The van der Waals surface area contributed by atoms with Crippen LogP contribution in [-0.2, 0) is 20.8 Å². The number of nitrogens with zero attached hydrogens (tertiary/aromatic N) is 1. The largest absolute Gasteiger partial charge is 0.457 e. The average Bonchev–Trinajstić information content (AvgIpc) is 2.71. The molecule has 0 saturated carbocycles. The summed E-state index contributed by atoms with van der Waals surface area (Å²) in [4.78, 5) is 14.3. The highest BCUT2D eigenvalue weighted by atomic mass is 79.9. The number of rotatable bonds is 7. The first-order chi connectivity index (χ1) is 13.2. The van der Waals surface area contributed by atoms with Crippen molar-refractivity contribution in [2.75, 3.05) is 40.2 Å². The average molecular weight is 436 g/mol. The number of halogens is 1. The van der Waals surface area contributed by atoms with Gasteiger partial charge in [-0.1, -0.05) is 15.9 Å². The van der Waals surface area contributed by atoms with Crippen molar-refractivity contribution in [1.29, 1.82) is 0 Å². The van der Waals surface area contributed by atoms with Crippen molar-refractivity contribution in [3.05, 3.63) is 58.1 Å². The number of amides is 1. The fourth-order valence-corrected chi connectivity index (χ4v) is 3.07. The fraction of sp³-hybridized carbons (Fsp3) is 0.350. The predicted molar refractivity (Wildman–Crippen MR) is 104 cm³/mol. The third kappa shape index (κ3) is 5.52. The Hall–Kier alpha value is -1.93. The minimum absolute atomic E-state index is 0.0195. The molecule has 0 atom stereocenters. The van der Waals surface area contributed by atoms with Crippen molar-refractivity contribution < 1.29 is 23.7 Å². The van der Waals surface area contributed by atoms with Crippen molar-refractivity contribution in [1.82, 2.24) is 4.90 Å². The molecule has 1 heterocycles. The maximum absolute atomic E-state index is 12.5. The van der Waals surface area contributed by atoms with E-state index in [2.05, 4.69) is 15.9 Å². The van der Waals surface area contributed by atoms with Gasteiger partial charge in [0.25, 0.3) is 5.91 Å². The second kappa shape index (κ2) is 9.85. The first kappa shape index (κ1) is 19.8. The van der Waals surface area contributed by atoms with E-state index in [0.29, 0.717) is 50.0 Å². The van der Waals surface area contributed by atoms with Crippen molar-refractivity contribution >= 4 is 21.8 Å². The van der Waals surface area contributed by atoms with Gasteiger partial charge in [-0.15, -0.1) is 0 Å². The topological polar surface area (TPSA) is 57.2 Å². The molecule has 0 aliphatic carbocycles. The number of morpholine rings is 1. The highest BCUT2D eigenvalue weighted by Gasteiger charge is 2.18. The van der Waals surface area contributed by atoms with Crippen LogP contribution in [0.2, 0.25) is 0 Å². The van der Waals surface area contributed by atoms with Gasteiger partial charge in [0.15, 0.2) is 0 Å². The summed E-state index contributed by atoms with van der Waals surface area (Å²) in [6, 6.07) is 12.9. The minimum Gasteiger partial charge on any atom is -0.457 e. The summed E-state index contributed by atoms with van der Waals surface area (Å²) in [7, 11) is 1.59. The van der Waals surface area contributed by atoms with Crippen molar-refractivity contribution in [2.45, 2.75) is 6.61 Å². The highest BCUT2D eigenvalue weighted by molar-refractivity contribution is 9.10. The highest BCUT2D eigenvalue weighted by Crippen LogP contribution is 2.27. The van der Waals surface area contributed by atoms with Gasteiger partial charge >= 0.3 is 0 Å². The molecule has 2 aromatic carbocycles. The zero-order valence-electron chi connectivity index (χ0n) is 15.2. The Morgan fingerprint density at radius 2 is 1.81 bits per heavy atom. The van der Waals surface area contributed by atoms with Crippen LogP contribution in [0.15, 0.2) is 46.9 Å². The quantitative estimate of drug-likeness (QED) is 0.488. The lowest BCUT2D eigenvalue weighted by Gasteiger charge is -2.26. The molecule has 3 rings (SSSR count). The molecule has 0 aromatic heterocycles. The number of ether oxygens (including phenoxy) is 4. The Balaban J connectivity index is 1.64. The van der Waals surface area contributed by atoms with Crippen LogP contribution in [0.25, 0.3) is 0 Å². The van der Waals surface area contributed by atoms with Gasteiger partial charge in [0.05, 0.1) is 19.8 Å². The van der Waals surface area contributed by atoms with Gasteiger partial charge in [-0.05, 0) is 48.0 Å². The molecule has 0 unspecified atom stereocenters. The van der Waals surface area contributed by atoms with Crippen LogP contribution < -0.4 is 4.74 Å². The molecule has 0 bridgehead atoms. The number of benzene rings is 2. The fourth-order valence-electron chi connectivity index (χ4n) is 2.71. The summed E-state index contributed by atoms with van der Waals surface area (Å²) in [5.74, 6) is 1.38. The Bertz CT molecular complexity index is 759. The van der Waals surface area contributed by atoms with Crippen LogP contribution in [0, 0.1) is 0 Å². The van der Waals surface area contributed by atoms with E-state index in [1.165, 1.54) is 0 Å². The van der Waals surface area contributed by atoms with Crippen LogP contribution in [-0.4, -0.2) is 51.0 Å². The Labute approximate surface area is 167 Å². The van der Waals surface area contributed by atoms with Crippen LogP contribution in [0.1, 0.15) is 15.9 Å². The second-order valence-electron chi connectivity index (χ2n) is 6.04. The smallest absolute Gasteiger partial charge is 0.254 e. The van der Waals surface area contributed by atoms with E-state index in [1.807, 2.05) is 18.2 Å². The number of carbonyl (C=O) groups is 1. The summed E-state index contributed by atoms with van der Waals surface area (Å²) in [5, 5.41) is 0. The van der Waals surface area contributed by atoms with E-state index >= 15 is 0 Å². The second-order valence-corrected chi connectivity index (χ2v) is 6.89. The molecule has 0 radical (unpaired) electrons. The standard InChI is InChI=1S/C20H22BrNO5/c1-24-14-26-13-16-12-18(6-7-19(16)21)27-17-4-2-15(3-5-17)20(23)22-8-10-25-11-9-22/h2-7,12H,8-11,13-14H2,1H3. The lowest BCUT2D eigenvalue weighted by molar-refractivity contribution is -0.0392. The maximum atomic E-state index is 12.5. The van der Waals surface area contributed by atoms with Gasteiger partial charge in [0.2, 0.25) is 0 Å². The SMILES string of the molecule is COCOCc1cc(Oc2ccc(C(=O)N3CCOCC3)cc2)ccc1Br. The molecule has 0 spiro atoms. The van der Waals surface area contributed by atoms with Gasteiger partial charge in [-0.3, -0.25) is 4.79 Å².